The van der Waals surface area contributed by atoms with Crippen LogP contribution in [-0.2, 0) is 0 Å². The number of para-hydroxylation sites is 1. The maximum absolute atomic E-state index is 6.38. The lowest BCUT2D eigenvalue weighted by atomic mass is 9.91. The minimum Gasteiger partial charge on any atom is -0.370 e. The zero-order valence-electron chi connectivity index (χ0n) is 12.0. The maximum atomic E-state index is 6.38. The molecule has 0 bridgehead atoms. The van der Waals surface area contributed by atoms with E-state index in [1.165, 1.54) is 0 Å². The first-order chi connectivity index (χ1) is 10.7. The summed E-state index contributed by atoms with van der Waals surface area (Å²) in [5, 5.41) is 1.86. The average Bonchev–Trinajstić information content (AvgIpc) is 2.93. The minimum atomic E-state index is -0.00745. The molecule has 1 heterocycles. The molecule has 0 aliphatic rings. The molecule has 0 saturated heterocycles. The fourth-order valence-electron chi connectivity index (χ4n) is 2.70. The Morgan fingerprint density at radius 2 is 1.77 bits per heavy atom. The Labute approximate surface area is 133 Å². The molecule has 5 heteroatoms. The van der Waals surface area contributed by atoms with E-state index in [-0.39, 0.29) is 11.9 Å². The number of nitrogens with two attached hydrogens (primary N) is 2. The molecule has 0 radical (unpaired) electrons. The van der Waals surface area contributed by atoms with E-state index in [1.807, 2.05) is 48.7 Å². The van der Waals surface area contributed by atoms with Crippen LogP contribution in [0, 0.1) is 0 Å². The molecule has 0 aliphatic heterocycles. The molecule has 0 saturated carbocycles. The maximum Gasteiger partial charge on any atom is 0.185 e. The lowest BCUT2D eigenvalue weighted by Crippen LogP contribution is -2.24. The van der Waals surface area contributed by atoms with Crippen LogP contribution in [0.2, 0.25) is 5.02 Å². The van der Waals surface area contributed by atoms with Gasteiger partial charge in [-0.2, -0.15) is 0 Å². The summed E-state index contributed by atoms with van der Waals surface area (Å²) in [4.78, 5) is 7.50. The summed E-state index contributed by atoms with van der Waals surface area (Å²) >= 11 is 6.38. The number of rotatable bonds is 4. The molecule has 4 nitrogen and oxygen atoms in total. The van der Waals surface area contributed by atoms with E-state index in [0.717, 1.165) is 22.0 Å². The second-order valence-corrected chi connectivity index (χ2v) is 5.54. The normalized spacial score (nSPS) is 12.2. The Morgan fingerprint density at radius 3 is 2.55 bits per heavy atom. The van der Waals surface area contributed by atoms with Crippen molar-refractivity contribution >= 4 is 28.5 Å². The van der Waals surface area contributed by atoms with E-state index in [1.54, 1.807) is 0 Å². The highest BCUT2D eigenvalue weighted by molar-refractivity contribution is 6.31. The summed E-state index contributed by atoms with van der Waals surface area (Å²) in [6.45, 7) is 0.452. The number of aromatic nitrogens is 1. The van der Waals surface area contributed by atoms with Gasteiger partial charge >= 0.3 is 0 Å². The zero-order valence-corrected chi connectivity index (χ0v) is 12.7. The van der Waals surface area contributed by atoms with Gasteiger partial charge in [0.15, 0.2) is 5.96 Å². The first-order valence-corrected chi connectivity index (χ1v) is 7.40. The van der Waals surface area contributed by atoms with Crippen molar-refractivity contribution in [3.05, 3.63) is 70.9 Å². The first kappa shape index (κ1) is 14.5. The number of H-pyrrole nitrogens is 1. The average molecular weight is 313 g/mol. The summed E-state index contributed by atoms with van der Waals surface area (Å²) in [6, 6.07) is 15.9. The Kier molecular flexibility index (Phi) is 4.02. The number of fused-ring (bicyclic) bond motifs is 1. The van der Waals surface area contributed by atoms with E-state index in [9.17, 15) is 0 Å². The van der Waals surface area contributed by atoms with Crippen LogP contribution in [0.4, 0.5) is 0 Å². The van der Waals surface area contributed by atoms with Gasteiger partial charge in [0.25, 0.3) is 0 Å². The van der Waals surface area contributed by atoms with E-state index in [0.29, 0.717) is 11.6 Å². The van der Waals surface area contributed by atoms with Gasteiger partial charge in [-0.05, 0) is 23.3 Å². The van der Waals surface area contributed by atoms with Gasteiger partial charge in [-0.3, -0.25) is 4.99 Å². The minimum absolute atomic E-state index is 0.00745. The first-order valence-electron chi connectivity index (χ1n) is 7.02. The molecule has 3 aromatic rings. The van der Waals surface area contributed by atoms with Crippen molar-refractivity contribution in [3.63, 3.8) is 0 Å². The van der Waals surface area contributed by atoms with Gasteiger partial charge in [0.05, 0.1) is 6.54 Å². The lowest BCUT2D eigenvalue weighted by Gasteiger charge is -2.16. The van der Waals surface area contributed by atoms with Gasteiger partial charge in [-0.15, -0.1) is 0 Å². The number of aromatic amines is 1. The van der Waals surface area contributed by atoms with Crippen LogP contribution in [0.25, 0.3) is 10.9 Å². The Morgan fingerprint density at radius 1 is 1.05 bits per heavy atom. The topological polar surface area (TPSA) is 80.2 Å². The lowest BCUT2D eigenvalue weighted by molar-refractivity contribution is 0.824. The van der Waals surface area contributed by atoms with Crippen LogP contribution < -0.4 is 11.5 Å². The zero-order chi connectivity index (χ0) is 15.5. The molecule has 5 N–H and O–H groups in total. The van der Waals surface area contributed by atoms with Crippen LogP contribution in [0.15, 0.2) is 59.7 Å². The molecule has 0 aliphatic carbocycles. The number of aliphatic imine (C=N–C) groups is 1. The standard InChI is InChI=1S/C17H17ClN4/c18-15-7-3-1-5-11(15)13(10-22-17(19)20)14-9-21-16-8-4-2-6-12(14)16/h1-9,13,21H,10H2,(H4,19,20,22)/t13-/m1/s1. The van der Waals surface area contributed by atoms with Crippen molar-refractivity contribution in [1.82, 2.24) is 4.98 Å². The number of hydrogen-bond acceptors (Lipinski definition) is 1. The summed E-state index contributed by atoms with van der Waals surface area (Å²) in [5.74, 6) is 0.0730. The highest BCUT2D eigenvalue weighted by Gasteiger charge is 2.20. The van der Waals surface area contributed by atoms with Gasteiger partial charge < -0.3 is 16.5 Å². The van der Waals surface area contributed by atoms with Crippen LogP contribution in [0.1, 0.15) is 17.0 Å². The summed E-state index contributed by atoms with van der Waals surface area (Å²) in [7, 11) is 0. The van der Waals surface area contributed by atoms with Gasteiger partial charge in [-0.1, -0.05) is 48.0 Å². The van der Waals surface area contributed by atoms with E-state index in [4.69, 9.17) is 23.1 Å². The van der Waals surface area contributed by atoms with Crippen molar-refractivity contribution in [2.45, 2.75) is 5.92 Å². The fourth-order valence-corrected chi connectivity index (χ4v) is 2.97. The van der Waals surface area contributed by atoms with Gasteiger partial charge in [0.1, 0.15) is 0 Å². The predicted octanol–water partition coefficient (Wildman–Crippen LogP) is 3.23. The van der Waals surface area contributed by atoms with Crippen molar-refractivity contribution < 1.29 is 0 Å². The third kappa shape index (κ3) is 2.78. The Bertz CT molecular complexity index is 818. The molecule has 1 atom stereocenters. The second kappa shape index (κ2) is 6.12. The molecule has 1 aromatic heterocycles. The molecule has 0 amide bonds. The molecular weight excluding hydrogens is 296 g/mol. The second-order valence-electron chi connectivity index (χ2n) is 5.13. The predicted molar refractivity (Wildman–Crippen MR) is 92.3 cm³/mol. The van der Waals surface area contributed by atoms with Crippen LogP contribution >= 0.6 is 11.6 Å². The number of benzene rings is 2. The van der Waals surface area contributed by atoms with Crippen LogP contribution in [-0.4, -0.2) is 17.5 Å². The molecule has 112 valence electrons. The van der Waals surface area contributed by atoms with Crippen LogP contribution in [0.5, 0.6) is 0 Å². The number of halogens is 1. The summed E-state index contributed by atoms with van der Waals surface area (Å²) in [6.07, 6.45) is 2.00. The third-order valence-corrected chi connectivity index (χ3v) is 4.08. The largest absolute Gasteiger partial charge is 0.370 e. The number of guanidine groups is 1. The Hall–Kier alpha value is -2.46. The van der Waals surface area contributed by atoms with Crippen molar-refractivity contribution in [2.24, 2.45) is 16.5 Å². The van der Waals surface area contributed by atoms with Gasteiger partial charge in [0.2, 0.25) is 0 Å². The molecule has 2 aromatic carbocycles. The summed E-state index contributed by atoms with van der Waals surface area (Å²) in [5.41, 5.74) is 14.2. The molecule has 0 unspecified atom stereocenters. The van der Waals surface area contributed by atoms with Gasteiger partial charge in [-0.25, -0.2) is 0 Å². The third-order valence-electron chi connectivity index (χ3n) is 3.73. The molecule has 22 heavy (non-hydrogen) atoms. The Balaban J connectivity index is 2.13. The molecule has 0 spiro atoms. The molecule has 3 rings (SSSR count). The number of nitrogens with zero attached hydrogens (tertiary/aromatic N) is 1. The highest BCUT2D eigenvalue weighted by atomic mass is 35.5. The number of nitrogens with one attached hydrogen (secondary N) is 1. The van der Waals surface area contributed by atoms with Crippen molar-refractivity contribution in [2.75, 3.05) is 6.54 Å². The molecule has 0 fully saturated rings. The van der Waals surface area contributed by atoms with E-state index < -0.39 is 0 Å². The quantitative estimate of drug-likeness (QED) is 0.511. The van der Waals surface area contributed by atoms with Gasteiger partial charge in [0, 0.05) is 28.0 Å². The highest BCUT2D eigenvalue weighted by Crippen LogP contribution is 2.34. The smallest absolute Gasteiger partial charge is 0.185 e. The monoisotopic (exact) mass is 312 g/mol. The van der Waals surface area contributed by atoms with Crippen LogP contribution in [0.3, 0.4) is 0 Å². The number of hydrogen-bond donors (Lipinski definition) is 3. The van der Waals surface area contributed by atoms with Crippen molar-refractivity contribution in [3.8, 4) is 0 Å². The van der Waals surface area contributed by atoms with E-state index in [2.05, 4.69) is 16.0 Å². The van der Waals surface area contributed by atoms with Crippen molar-refractivity contribution in [1.29, 1.82) is 0 Å². The van der Waals surface area contributed by atoms with E-state index >= 15 is 0 Å². The fraction of sp³-hybridized carbons (Fsp3) is 0.118. The SMILES string of the molecule is NC(N)=NC[C@H](c1ccccc1Cl)c1c[nH]c2ccccc12. The molecular formula is C17H17ClN4. The summed E-state index contributed by atoms with van der Waals surface area (Å²) < 4.78 is 0.